The van der Waals surface area contributed by atoms with Crippen LogP contribution < -0.4 is 0 Å². The number of hydrogen-bond donors (Lipinski definition) is 0. The minimum atomic E-state index is -0.474. The number of carbonyl (C=O) groups excluding carboxylic acids is 1. The van der Waals surface area contributed by atoms with Gasteiger partial charge in [-0.05, 0) is 32.9 Å². The van der Waals surface area contributed by atoms with E-state index in [1.54, 1.807) is 12.4 Å². The average molecular weight is 306 g/mol. The number of hydrogen-bond acceptors (Lipinski definition) is 6. The minimum absolute atomic E-state index is 0.205. The van der Waals surface area contributed by atoms with Crippen molar-refractivity contribution in [2.24, 2.45) is 7.05 Å². The first kappa shape index (κ1) is 15.5. The lowest BCUT2D eigenvalue weighted by molar-refractivity contribution is -0.151. The van der Waals surface area contributed by atoms with E-state index in [2.05, 4.69) is 15.2 Å². The second-order valence-electron chi connectivity index (χ2n) is 5.48. The normalized spacial score (nSPS) is 11.4. The molecule has 0 saturated heterocycles. The third kappa shape index (κ3) is 4.29. The van der Waals surface area contributed by atoms with Crippen LogP contribution in [0.4, 0.5) is 0 Å². The third-order valence-corrected chi connectivity index (χ3v) is 3.49. The van der Waals surface area contributed by atoms with E-state index < -0.39 is 5.60 Å². The van der Waals surface area contributed by atoms with Crippen LogP contribution in [0.1, 0.15) is 20.8 Å². The molecule has 0 unspecified atom stereocenters. The van der Waals surface area contributed by atoms with Gasteiger partial charge in [-0.2, -0.15) is 0 Å². The van der Waals surface area contributed by atoms with Crippen LogP contribution in [0.5, 0.6) is 0 Å². The molecule has 0 aliphatic rings. The Labute approximate surface area is 127 Å². The number of rotatable bonds is 4. The van der Waals surface area contributed by atoms with E-state index in [0.29, 0.717) is 5.16 Å². The van der Waals surface area contributed by atoms with E-state index in [-0.39, 0.29) is 11.7 Å². The highest BCUT2D eigenvalue weighted by Gasteiger charge is 2.18. The third-order valence-electron chi connectivity index (χ3n) is 2.49. The lowest BCUT2D eigenvalue weighted by Gasteiger charge is -2.19. The molecular formula is C14H18N4O2S. The van der Waals surface area contributed by atoms with Gasteiger partial charge in [0, 0.05) is 25.0 Å². The SMILES string of the molecule is Cn1c(SCC(=O)OC(C)(C)C)nnc1-c1cccnc1. The van der Waals surface area contributed by atoms with Gasteiger partial charge >= 0.3 is 5.97 Å². The van der Waals surface area contributed by atoms with Crippen LogP contribution in [0.15, 0.2) is 29.7 Å². The number of esters is 1. The summed E-state index contributed by atoms with van der Waals surface area (Å²) in [5, 5.41) is 8.91. The summed E-state index contributed by atoms with van der Waals surface area (Å²) < 4.78 is 7.10. The summed E-state index contributed by atoms with van der Waals surface area (Å²) in [6.45, 7) is 5.54. The Bertz CT molecular complexity index is 620. The maximum atomic E-state index is 11.7. The first-order valence-electron chi connectivity index (χ1n) is 6.51. The zero-order chi connectivity index (χ0) is 15.5. The van der Waals surface area contributed by atoms with Crippen molar-refractivity contribution in [3.05, 3.63) is 24.5 Å². The average Bonchev–Trinajstić information content (AvgIpc) is 2.77. The largest absolute Gasteiger partial charge is 0.459 e. The maximum Gasteiger partial charge on any atom is 0.316 e. The summed E-state index contributed by atoms with van der Waals surface area (Å²) in [6.07, 6.45) is 3.43. The highest BCUT2D eigenvalue weighted by molar-refractivity contribution is 7.99. The Balaban J connectivity index is 2.03. The summed E-state index contributed by atoms with van der Waals surface area (Å²) in [6, 6.07) is 3.76. The fourth-order valence-electron chi connectivity index (χ4n) is 1.68. The molecule has 21 heavy (non-hydrogen) atoms. The van der Waals surface area contributed by atoms with E-state index in [4.69, 9.17) is 4.74 Å². The lowest BCUT2D eigenvalue weighted by Crippen LogP contribution is -2.25. The van der Waals surface area contributed by atoms with Crippen LogP contribution >= 0.6 is 11.8 Å². The van der Waals surface area contributed by atoms with Gasteiger partial charge in [0.15, 0.2) is 11.0 Å². The zero-order valence-corrected chi connectivity index (χ0v) is 13.3. The van der Waals surface area contributed by atoms with Crippen LogP contribution in [0.3, 0.4) is 0 Å². The molecule has 0 radical (unpaired) electrons. The molecule has 0 saturated carbocycles. The Kier molecular flexibility index (Phi) is 4.62. The lowest BCUT2D eigenvalue weighted by atomic mass is 10.2. The fraction of sp³-hybridized carbons (Fsp3) is 0.429. The molecule has 7 heteroatoms. The molecule has 0 aliphatic carbocycles. The molecular weight excluding hydrogens is 288 g/mol. The van der Waals surface area contributed by atoms with Gasteiger partial charge in [-0.25, -0.2) is 0 Å². The number of aromatic nitrogens is 4. The summed E-state index contributed by atoms with van der Waals surface area (Å²) >= 11 is 1.31. The van der Waals surface area contributed by atoms with Crippen molar-refractivity contribution >= 4 is 17.7 Å². The fourth-order valence-corrected chi connectivity index (χ4v) is 2.37. The molecule has 2 aromatic rings. The molecule has 2 rings (SSSR count). The van der Waals surface area contributed by atoms with Crippen LogP contribution in [-0.4, -0.2) is 37.1 Å². The van der Waals surface area contributed by atoms with E-state index in [1.807, 2.05) is 44.5 Å². The smallest absolute Gasteiger partial charge is 0.316 e. The molecule has 0 aliphatic heterocycles. The molecule has 0 amide bonds. The molecule has 2 aromatic heterocycles. The molecule has 112 valence electrons. The second kappa shape index (κ2) is 6.26. The summed E-state index contributed by atoms with van der Waals surface area (Å²) in [4.78, 5) is 15.8. The van der Waals surface area contributed by atoms with Crippen molar-refractivity contribution in [1.82, 2.24) is 19.7 Å². The van der Waals surface area contributed by atoms with Crippen molar-refractivity contribution < 1.29 is 9.53 Å². The highest BCUT2D eigenvalue weighted by atomic mass is 32.2. The number of pyridine rings is 1. The summed E-state index contributed by atoms with van der Waals surface area (Å²) in [7, 11) is 1.86. The van der Waals surface area contributed by atoms with Gasteiger partial charge < -0.3 is 9.30 Å². The van der Waals surface area contributed by atoms with Gasteiger partial charge in [0.2, 0.25) is 0 Å². The zero-order valence-electron chi connectivity index (χ0n) is 12.5. The van der Waals surface area contributed by atoms with Crippen molar-refractivity contribution in [2.45, 2.75) is 31.5 Å². The number of nitrogens with zero attached hydrogens (tertiary/aromatic N) is 4. The van der Waals surface area contributed by atoms with Crippen LogP contribution in [-0.2, 0) is 16.6 Å². The van der Waals surface area contributed by atoms with E-state index in [9.17, 15) is 4.79 Å². The predicted octanol–water partition coefficient (Wildman–Crippen LogP) is 2.31. The van der Waals surface area contributed by atoms with Gasteiger partial charge in [0.05, 0.1) is 5.75 Å². The second-order valence-corrected chi connectivity index (χ2v) is 6.42. The Morgan fingerprint density at radius 1 is 1.38 bits per heavy atom. The van der Waals surface area contributed by atoms with Gasteiger partial charge in [0.1, 0.15) is 5.60 Å². The van der Waals surface area contributed by atoms with Crippen molar-refractivity contribution in [3.63, 3.8) is 0 Å². The van der Waals surface area contributed by atoms with Crippen LogP contribution in [0.25, 0.3) is 11.4 Å². The molecule has 0 bridgehead atoms. The minimum Gasteiger partial charge on any atom is -0.459 e. The van der Waals surface area contributed by atoms with Crippen molar-refractivity contribution in [1.29, 1.82) is 0 Å². The van der Waals surface area contributed by atoms with Crippen LogP contribution in [0, 0.1) is 0 Å². The monoisotopic (exact) mass is 306 g/mol. The number of ether oxygens (including phenoxy) is 1. The molecule has 2 heterocycles. The maximum absolute atomic E-state index is 11.7. The Hall–Kier alpha value is -1.89. The Morgan fingerprint density at radius 3 is 2.76 bits per heavy atom. The molecule has 0 fully saturated rings. The quantitative estimate of drug-likeness (QED) is 0.638. The van der Waals surface area contributed by atoms with E-state index in [0.717, 1.165) is 11.4 Å². The van der Waals surface area contributed by atoms with Crippen molar-refractivity contribution in [3.8, 4) is 11.4 Å². The highest BCUT2D eigenvalue weighted by Crippen LogP contribution is 2.22. The number of carbonyl (C=O) groups is 1. The topological polar surface area (TPSA) is 69.9 Å². The summed E-state index contributed by atoms with van der Waals surface area (Å²) in [5.74, 6) is 0.657. The molecule has 0 spiro atoms. The molecule has 0 aromatic carbocycles. The number of thioether (sulfide) groups is 1. The molecule has 0 atom stereocenters. The van der Waals surface area contributed by atoms with E-state index in [1.165, 1.54) is 11.8 Å². The predicted molar refractivity (Wildman–Crippen MR) is 80.8 cm³/mol. The van der Waals surface area contributed by atoms with Gasteiger partial charge in [-0.3, -0.25) is 9.78 Å². The first-order valence-corrected chi connectivity index (χ1v) is 7.50. The molecule has 6 nitrogen and oxygen atoms in total. The van der Waals surface area contributed by atoms with Gasteiger partial charge in [0.25, 0.3) is 0 Å². The molecule has 0 N–H and O–H groups in total. The first-order chi connectivity index (χ1) is 9.87. The summed E-state index contributed by atoms with van der Waals surface area (Å²) in [5.41, 5.74) is 0.412. The van der Waals surface area contributed by atoms with E-state index >= 15 is 0 Å². The standard InChI is InChI=1S/C14H18N4O2S/c1-14(2,3)20-11(19)9-21-13-17-16-12(18(13)4)10-6-5-7-15-8-10/h5-8H,9H2,1-4H3. The van der Waals surface area contributed by atoms with Gasteiger partial charge in [-0.15, -0.1) is 10.2 Å². The van der Waals surface area contributed by atoms with Gasteiger partial charge in [-0.1, -0.05) is 11.8 Å². The van der Waals surface area contributed by atoms with Crippen LogP contribution in [0.2, 0.25) is 0 Å². The van der Waals surface area contributed by atoms with Crippen molar-refractivity contribution in [2.75, 3.05) is 5.75 Å². The Morgan fingerprint density at radius 2 is 2.14 bits per heavy atom.